The lowest BCUT2D eigenvalue weighted by molar-refractivity contribution is -0.129. The number of aromatic nitrogens is 2. The number of piperidine rings is 1. The fourth-order valence-electron chi connectivity index (χ4n) is 2.24. The minimum absolute atomic E-state index is 0.0782. The number of methoxy groups -OCH3 is 1. The van der Waals surface area contributed by atoms with Gasteiger partial charge in [0.1, 0.15) is 12.1 Å². The largest absolute Gasteiger partial charge is 0.464 e. The van der Waals surface area contributed by atoms with Crippen molar-refractivity contribution in [3.8, 4) is 0 Å². The summed E-state index contributed by atoms with van der Waals surface area (Å²) >= 11 is 0. The molecule has 1 aromatic rings. The van der Waals surface area contributed by atoms with Crippen molar-refractivity contribution in [3.63, 3.8) is 0 Å². The van der Waals surface area contributed by atoms with Crippen molar-refractivity contribution in [2.75, 3.05) is 25.5 Å². The summed E-state index contributed by atoms with van der Waals surface area (Å²) in [6.07, 6.45) is 3.23. The van der Waals surface area contributed by atoms with Crippen LogP contribution in [0.25, 0.3) is 0 Å². The van der Waals surface area contributed by atoms with E-state index in [4.69, 9.17) is 0 Å². The van der Waals surface area contributed by atoms with Gasteiger partial charge in [-0.3, -0.25) is 4.79 Å². The Morgan fingerprint density at radius 2 is 2.25 bits per heavy atom. The van der Waals surface area contributed by atoms with Crippen LogP contribution >= 0.6 is 0 Å². The number of hydrogen-bond donors (Lipinski definition) is 1. The van der Waals surface area contributed by atoms with Crippen LogP contribution in [0.1, 0.15) is 30.3 Å². The number of carbonyl (C=O) groups excluding carboxylic acids is 2. The molecular weight excluding hydrogens is 260 g/mol. The molecule has 7 nitrogen and oxygen atoms in total. The van der Waals surface area contributed by atoms with Crippen LogP contribution < -0.4 is 5.32 Å². The molecule has 1 unspecified atom stereocenters. The predicted octanol–water partition coefficient (Wildman–Crippen LogP) is 0.686. The van der Waals surface area contributed by atoms with Crippen LogP contribution in [0, 0.1) is 0 Å². The van der Waals surface area contributed by atoms with Crippen molar-refractivity contribution < 1.29 is 14.3 Å². The Labute approximate surface area is 117 Å². The van der Waals surface area contributed by atoms with Crippen LogP contribution in [0.5, 0.6) is 0 Å². The Morgan fingerprint density at radius 3 is 2.95 bits per heavy atom. The quantitative estimate of drug-likeness (QED) is 0.819. The lowest BCUT2D eigenvalue weighted by Crippen LogP contribution is -2.44. The summed E-state index contributed by atoms with van der Waals surface area (Å²) in [5.74, 6) is 0.148. The number of carbonyl (C=O) groups is 2. The van der Waals surface area contributed by atoms with Crippen LogP contribution in [0.3, 0.4) is 0 Å². The zero-order valence-corrected chi connectivity index (χ0v) is 11.6. The highest BCUT2D eigenvalue weighted by atomic mass is 16.5. The molecule has 0 aromatic carbocycles. The van der Waals surface area contributed by atoms with Crippen molar-refractivity contribution in [3.05, 3.63) is 18.1 Å². The number of hydrogen-bond acceptors (Lipinski definition) is 6. The molecule has 0 bridgehead atoms. The fraction of sp³-hybridized carbons (Fsp3) is 0.538. The molecule has 1 amide bonds. The highest BCUT2D eigenvalue weighted by molar-refractivity contribution is 5.87. The molecule has 0 radical (unpaired) electrons. The Morgan fingerprint density at radius 1 is 1.45 bits per heavy atom. The lowest BCUT2D eigenvalue weighted by atomic mass is 10.1. The lowest BCUT2D eigenvalue weighted by Gasteiger charge is -2.32. The van der Waals surface area contributed by atoms with Crippen molar-refractivity contribution in [2.45, 2.75) is 25.8 Å². The molecule has 1 aromatic heterocycles. The topological polar surface area (TPSA) is 84.4 Å². The first-order valence-corrected chi connectivity index (χ1v) is 6.52. The minimum atomic E-state index is -0.496. The minimum Gasteiger partial charge on any atom is -0.464 e. The summed E-state index contributed by atoms with van der Waals surface area (Å²) in [7, 11) is 1.31. The number of ether oxygens (including phenoxy) is 1. The van der Waals surface area contributed by atoms with E-state index in [-0.39, 0.29) is 17.6 Å². The first-order chi connectivity index (χ1) is 9.60. The van der Waals surface area contributed by atoms with Gasteiger partial charge in [0.2, 0.25) is 5.91 Å². The first kappa shape index (κ1) is 14.2. The zero-order chi connectivity index (χ0) is 14.5. The second-order valence-electron chi connectivity index (χ2n) is 4.73. The Hall–Kier alpha value is -2.18. The molecule has 20 heavy (non-hydrogen) atoms. The first-order valence-electron chi connectivity index (χ1n) is 6.52. The number of anilines is 1. The molecule has 0 aliphatic carbocycles. The smallest absolute Gasteiger partial charge is 0.356 e. The third-order valence-corrected chi connectivity index (χ3v) is 3.28. The molecule has 1 aliphatic rings. The second-order valence-corrected chi connectivity index (χ2v) is 4.73. The van der Waals surface area contributed by atoms with Crippen molar-refractivity contribution >= 4 is 17.7 Å². The molecule has 2 rings (SSSR count). The normalized spacial score (nSPS) is 18.5. The van der Waals surface area contributed by atoms with Gasteiger partial charge in [-0.05, 0) is 12.8 Å². The van der Waals surface area contributed by atoms with Gasteiger partial charge in [0.25, 0.3) is 0 Å². The van der Waals surface area contributed by atoms with Crippen LogP contribution in [-0.2, 0) is 9.53 Å². The number of amides is 1. The van der Waals surface area contributed by atoms with E-state index in [1.807, 2.05) is 4.90 Å². The summed E-state index contributed by atoms with van der Waals surface area (Å²) in [5.41, 5.74) is 0.212. The summed E-state index contributed by atoms with van der Waals surface area (Å²) in [6, 6.07) is 1.69. The monoisotopic (exact) mass is 278 g/mol. The Balaban J connectivity index is 2.02. The van der Waals surface area contributed by atoms with E-state index in [1.54, 1.807) is 13.0 Å². The van der Waals surface area contributed by atoms with Crippen molar-refractivity contribution in [2.24, 2.45) is 0 Å². The Kier molecular flexibility index (Phi) is 4.49. The van der Waals surface area contributed by atoms with E-state index >= 15 is 0 Å². The van der Waals surface area contributed by atoms with Gasteiger partial charge in [0.05, 0.1) is 7.11 Å². The van der Waals surface area contributed by atoms with Crippen molar-refractivity contribution in [1.29, 1.82) is 0 Å². The highest BCUT2D eigenvalue weighted by Crippen LogP contribution is 2.15. The molecule has 1 atom stereocenters. The second kappa shape index (κ2) is 6.31. The zero-order valence-electron chi connectivity index (χ0n) is 11.6. The maximum absolute atomic E-state index is 11.4. The van der Waals surface area contributed by atoms with E-state index < -0.39 is 5.97 Å². The van der Waals surface area contributed by atoms with E-state index in [1.165, 1.54) is 13.4 Å². The van der Waals surface area contributed by atoms with Gasteiger partial charge in [-0.2, -0.15) is 0 Å². The van der Waals surface area contributed by atoms with Crippen LogP contribution in [0.15, 0.2) is 12.4 Å². The number of nitrogens with zero attached hydrogens (tertiary/aromatic N) is 3. The van der Waals surface area contributed by atoms with Gasteiger partial charge in [0, 0.05) is 32.1 Å². The van der Waals surface area contributed by atoms with E-state index in [0.717, 1.165) is 19.4 Å². The molecule has 0 spiro atoms. The molecule has 0 saturated carbocycles. The van der Waals surface area contributed by atoms with Gasteiger partial charge in [-0.15, -0.1) is 0 Å². The molecule has 1 saturated heterocycles. The standard InChI is InChI=1S/C13H18N4O3/c1-9(18)17-5-3-4-10(7-17)16-12-6-11(13(19)20-2)14-8-15-12/h6,8,10H,3-5,7H2,1-2H3,(H,14,15,16). The molecule has 2 heterocycles. The van der Waals surface area contributed by atoms with Crippen LogP contribution in [0.4, 0.5) is 5.82 Å². The summed E-state index contributed by atoms with van der Waals surface area (Å²) in [6.45, 7) is 3.01. The van der Waals surface area contributed by atoms with Crippen LogP contribution in [0.2, 0.25) is 0 Å². The van der Waals surface area contributed by atoms with Gasteiger partial charge in [-0.25, -0.2) is 14.8 Å². The number of nitrogens with one attached hydrogen (secondary N) is 1. The van der Waals surface area contributed by atoms with E-state index in [9.17, 15) is 9.59 Å². The number of esters is 1. The maximum Gasteiger partial charge on any atom is 0.356 e. The van der Waals surface area contributed by atoms with Gasteiger partial charge in [0.15, 0.2) is 5.69 Å². The van der Waals surface area contributed by atoms with Crippen molar-refractivity contribution in [1.82, 2.24) is 14.9 Å². The average Bonchev–Trinajstić information content (AvgIpc) is 2.47. The third-order valence-electron chi connectivity index (χ3n) is 3.28. The van der Waals surface area contributed by atoms with Gasteiger partial charge < -0.3 is 15.0 Å². The summed E-state index contributed by atoms with van der Waals surface area (Å²) in [4.78, 5) is 32.5. The average molecular weight is 278 g/mol. The number of rotatable bonds is 3. The SMILES string of the molecule is COC(=O)c1cc(NC2CCCN(C(C)=O)C2)ncn1. The van der Waals surface area contributed by atoms with Crippen LogP contribution in [-0.4, -0.2) is 53.0 Å². The summed E-state index contributed by atoms with van der Waals surface area (Å²) in [5, 5.41) is 3.23. The molecule has 1 N–H and O–H groups in total. The highest BCUT2D eigenvalue weighted by Gasteiger charge is 2.22. The van der Waals surface area contributed by atoms with E-state index in [0.29, 0.717) is 12.4 Å². The molecule has 108 valence electrons. The maximum atomic E-state index is 11.4. The van der Waals surface area contributed by atoms with E-state index in [2.05, 4.69) is 20.0 Å². The third kappa shape index (κ3) is 3.43. The Bertz CT molecular complexity index is 506. The summed E-state index contributed by atoms with van der Waals surface area (Å²) < 4.78 is 4.62. The molecule has 1 fully saturated rings. The molecule has 1 aliphatic heterocycles. The number of likely N-dealkylation sites (tertiary alicyclic amines) is 1. The molecular formula is C13H18N4O3. The van der Waals surface area contributed by atoms with Gasteiger partial charge >= 0.3 is 5.97 Å². The predicted molar refractivity (Wildman–Crippen MR) is 72.3 cm³/mol. The molecule has 7 heteroatoms. The fourth-order valence-corrected chi connectivity index (χ4v) is 2.24. The van der Waals surface area contributed by atoms with Gasteiger partial charge in [-0.1, -0.05) is 0 Å².